The zero-order valence-corrected chi connectivity index (χ0v) is 21.9. The predicted octanol–water partition coefficient (Wildman–Crippen LogP) is 3.92. The third-order valence-electron chi connectivity index (χ3n) is 6.18. The summed E-state index contributed by atoms with van der Waals surface area (Å²) in [6, 6.07) is 0. The van der Waals surface area contributed by atoms with Crippen molar-refractivity contribution in [3.63, 3.8) is 0 Å². The van der Waals surface area contributed by atoms with Gasteiger partial charge in [0, 0.05) is 0 Å². The number of hydrogen-bond donors (Lipinski definition) is 0. The van der Waals surface area contributed by atoms with Crippen molar-refractivity contribution in [2.45, 2.75) is 89.6 Å². The molecule has 0 N–H and O–H groups in total. The highest BCUT2D eigenvalue weighted by Crippen LogP contribution is 2.27. The molecule has 2 saturated carbocycles. The van der Waals surface area contributed by atoms with Gasteiger partial charge in [-0.15, -0.1) is 0 Å². The second-order valence-electron chi connectivity index (χ2n) is 8.94. The van der Waals surface area contributed by atoms with Gasteiger partial charge < -0.3 is 18.9 Å². The van der Waals surface area contributed by atoms with E-state index in [1.54, 1.807) is 0 Å². The van der Waals surface area contributed by atoms with Crippen LogP contribution in [-0.2, 0) is 38.7 Å². The van der Waals surface area contributed by atoms with Gasteiger partial charge >= 0.3 is 17.5 Å². The van der Waals surface area contributed by atoms with Crippen molar-refractivity contribution in [3.05, 3.63) is 0 Å². The molecule has 4 rings (SSSR count). The van der Waals surface area contributed by atoms with Crippen LogP contribution in [0.5, 0.6) is 0 Å². The molecule has 0 aromatic heterocycles. The van der Waals surface area contributed by atoms with Crippen LogP contribution in [0.1, 0.15) is 65.2 Å². The highest BCUT2D eigenvalue weighted by Gasteiger charge is 2.28. The first-order valence-electron chi connectivity index (χ1n) is 11.3. The molecule has 11 heteroatoms. The van der Waals surface area contributed by atoms with Crippen molar-refractivity contribution >= 4 is 44.5 Å². The molecule has 0 aromatic carbocycles. The van der Waals surface area contributed by atoms with E-state index in [0.717, 1.165) is 37.5 Å². The van der Waals surface area contributed by atoms with E-state index in [2.05, 4.69) is 18.6 Å². The smallest absolute Gasteiger partial charge is 0.430 e. The molecule has 8 nitrogen and oxygen atoms in total. The second kappa shape index (κ2) is 15.8. The number of hydrogen-bond acceptors (Lipinski definition) is 8. The fourth-order valence-corrected chi connectivity index (χ4v) is 4.75. The summed E-state index contributed by atoms with van der Waals surface area (Å²) in [7, 11) is 0. The van der Waals surface area contributed by atoms with Crippen molar-refractivity contribution < 1.29 is 36.3 Å². The fraction of sp³-hybridized carbons (Fsp3) is 0.952. The van der Waals surface area contributed by atoms with Crippen LogP contribution >= 0.6 is 27.0 Å². The van der Waals surface area contributed by atoms with Crippen molar-refractivity contribution in [1.82, 2.24) is 0 Å². The Kier molecular flexibility index (Phi) is 14.8. The van der Waals surface area contributed by atoms with Gasteiger partial charge in [0.1, 0.15) is 12.7 Å². The monoisotopic (exact) mass is 516 g/mol. The first-order chi connectivity index (χ1) is 14.5. The Morgan fingerprint density at radius 3 is 1.72 bits per heavy atom. The van der Waals surface area contributed by atoms with Crippen LogP contribution in [0.4, 0.5) is 4.79 Å². The average molecular weight is 517 g/mol. The zero-order chi connectivity index (χ0) is 21.3. The molecule has 4 fully saturated rings. The SMILES string of the molecule is CC1CCC(OCC2COC(=O)O2)CC1.CC1CCC(OCC2COS(=O)O2)CC1.S.S. The van der Waals surface area contributed by atoms with E-state index in [0.29, 0.717) is 38.6 Å². The summed E-state index contributed by atoms with van der Waals surface area (Å²) in [6.45, 7) is 6.27. The molecule has 2 saturated heterocycles. The maximum absolute atomic E-state index is 10.8. The number of carbonyl (C=O) groups excluding carboxylic acids is 1. The van der Waals surface area contributed by atoms with Crippen LogP contribution in [0.3, 0.4) is 0 Å². The van der Waals surface area contributed by atoms with E-state index in [9.17, 15) is 9.00 Å². The lowest BCUT2D eigenvalue weighted by Gasteiger charge is -2.26. The summed E-state index contributed by atoms with van der Waals surface area (Å²) in [6.07, 6.45) is 9.30. The standard InChI is InChI=1S/C11H18O4.C10H18O4S.2H2S/c1-8-2-4-9(5-3-8)13-6-10-7-14-11(12)15-10;1-8-2-4-9(5-3-8)12-6-10-7-13-15(11)14-10;;/h2*8-10H,2-7H2,1H3;2*1H2. The largest absolute Gasteiger partial charge is 0.508 e. The molecule has 0 aromatic rings. The normalized spacial score (nSPS) is 36.6. The van der Waals surface area contributed by atoms with Gasteiger partial charge in [0.15, 0.2) is 6.10 Å². The van der Waals surface area contributed by atoms with Crippen molar-refractivity contribution in [2.24, 2.45) is 11.8 Å². The van der Waals surface area contributed by atoms with Crippen molar-refractivity contribution in [3.8, 4) is 0 Å². The summed E-state index contributed by atoms with van der Waals surface area (Å²) >= 11 is -1.55. The molecule has 2 aliphatic carbocycles. The average Bonchev–Trinajstić information content (AvgIpc) is 3.35. The molecule has 0 spiro atoms. The van der Waals surface area contributed by atoms with Crippen LogP contribution in [0.2, 0.25) is 0 Å². The Morgan fingerprint density at radius 1 is 0.812 bits per heavy atom. The van der Waals surface area contributed by atoms with Crippen molar-refractivity contribution in [1.29, 1.82) is 0 Å². The minimum atomic E-state index is -1.55. The lowest BCUT2D eigenvalue weighted by molar-refractivity contribution is -0.0208. The van der Waals surface area contributed by atoms with E-state index in [-0.39, 0.29) is 39.2 Å². The Balaban J connectivity index is 0.000000301. The molecule has 0 bridgehead atoms. The fourth-order valence-electron chi connectivity index (χ4n) is 4.10. The number of carbonyl (C=O) groups is 1. The van der Waals surface area contributed by atoms with Crippen LogP contribution in [0.25, 0.3) is 0 Å². The van der Waals surface area contributed by atoms with Gasteiger partial charge in [-0.2, -0.15) is 31.2 Å². The van der Waals surface area contributed by atoms with Gasteiger partial charge in [-0.3, -0.25) is 8.37 Å². The van der Waals surface area contributed by atoms with Gasteiger partial charge in [-0.1, -0.05) is 13.8 Å². The van der Waals surface area contributed by atoms with Gasteiger partial charge in [0.05, 0.1) is 32.0 Å². The molecular weight excluding hydrogens is 476 g/mol. The number of ether oxygens (including phenoxy) is 4. The maximum atomic E-state index is 10.8. The number of cyclic esters (lactones) is 2. The van der Waals surface area contributed by atoms with E-state index >= 15 is 0 Å². The molecular formula is C21H40O8S3. The topological polar surface area (TPSA) is 89.5 Å². The highest BCUT2D eigenvalue weighted by atomic mass is 32.2. The van der Waals surface area contributed by atoms with Gasteiger partial charge in [-0.25, -0.2) is 4.79 Å². The summed E-state index contributed by atoms with van der Waals surface area (Å²) < 4.78 is 41.5. The summed E-state index contributed by atoms with van der Waals surface area (Å²) in [5.41, 5.74) is 0. The zero-order valence-electron chi connectivity index (χ0n) is 19.1. The molecule has 2 aliphatic heterocycles. The molecule has 3 unspecified atom stereocenters. The summed E-state index contributed by atoms with van der Waals surface area (Å²) in [5, 5.41) is 0. The third kappa shape index (κ3) is 10.9. The van der Waals surface area contributed by atoms with Crippen molar-refractivity contribution in [2.75, 3.05) is 26.4 Å². The van der Waals surface area contributed by atoms with Crippen LogP contribution in [-0.4, -0.2) is 61.2 Å². The predicted molar refractivity (Wildman–Crippen MR) is 131 cm³/mol. The Hall–Kier alpha value is -0.0400. The quantitative estimate of drug-likeness (QED) is 0.491. The first kappa shape index (κ1) is 30.0. The van der Waals surface area contributed by atoms with Gasteiger partial charge in [0.25, 0.3) is 0 Å². The molecule has 0 radical (unpaired) electrons. The van der Waals surface area contributed by atoms with Gasteiger partial charge in [-0.05, 0) is 63.2 Å². The highest BCUT2D eigenvalue weighted by molar-refractivity contribution is 7.75. The molecule has 2 heterocycles. The Labute approximate surface area is 208 Å². The summed E-state index contributed by atoms with van der Waals surface area (Å²) in [5.74, 6) is 1.67. The first-order valence-corrected chi connectivity index (χ1v) is 12.3. The molecule has 32 heavy (non-hydrogen) atoms. The lowest BCUT2D eigenvalue weighted by atomic mass is 9.89. The van der Waals surface area contributed by atoms with E-state index < -0.39 is 17.5 Å². The minimum Gasteiger partial charge on any atom is -0.430 e. The van der Waals surface area contributed by atoms with Gasteiger partial charge in [0.2, 0.25) is 0 Å². The molecule has 4 aliphatic rings. The molecule has 190 valence electrons. The minimum absolute atomic E-state index is 0. The van der Waals surface area contributed by atoms with Crippen LogP contribution in [0, 0.1) is 11.8 Å². The maximum Gasteiger partial charge on any atom is 0.508 e. The van der Waals surface area contributed by atoms with E-state index in [1.165, 1.54) is 25.7 Å². The lowest BCUT2D eigenvalue weighted by Crippen LogP contribution is -2.26. The number of rotatable bonds is 6. The van der Waals surface area contributed by atoms with E-state index in [1.807, 2.05) is 0 Å². The summed E-state index contributed by atoms with van der Waals surface area (Å²) in [4.78, 5) is 10.6. The van der Waals surface area contributed by atoms with E-state index in [4.69, 9.17) is 22.6 Å². The van der Waals surface area contributed by atoms with Crippen LogP contribution in [0.15, 0.2) is 0 Å². The van der Waals surface area contributed by atoms with Crippen LogP contribution < -0.4 is 0 Å². The Morgan fingerprint density at radius 2 is 1.31 bits per heavy atom. The Bertz CT molecular complexity index is 503. The molecule has 0 amide bonds. The molecule has 3 atom stereocenters. The second-order valence-corrected chi connectivity index (χ2v) is 9.77. The third-order valence-corrected chi connectivity index (χ3v) is 6.93.